The minimum atomic E-state index is -3.29. The predicted molar refractivity (Wildman–Crippen MR) is 82.3 cm³/mol. The van der Waals surface area contributed by atoms with Gasteiger partial charge < -0.3 is 5.73 Å². The molecule has 0 saturated carbocycles. The minimum Gasteiger partial charge on any atom is -0.399 e. The first-order chi connectivity index (χ1) is 8.89. The molecule has 0 heterocycles. The molecule has 0 fully saturated rings. The zero-order valence-corrected chi connectivity index (χ0v) is 13.1. The third-order valence-electron chi connectivity index (χ3n) is 2.21. The van der Waals surface area contributed by atoms with Crippen molar-refractivity contribution in [3.05, 3.63) is 24.3 Å². The maximum atomic E-state index is 11.6. The number of nitrogens with two attached hydrogens (primary N) is 1. The number of hydrogen-bond donors (Lipinski definition) is 2. The lowest BCUT2D eigenvalue weighted by Gasteiger charge is -2.06. The highest BCUT2D eigenvalue weighted by molar-refractivity contribution is 8.00. The molecule has 0 amide bonds. The highest BCUT2D eigenvalue weighted by Gasteiger charge is 2.09. The van der Waals surface area contributed by atoms with Crippen molar-refractivity contribution in [2.24, 2.45) is 0 Å². The average molecular weight is 322 g/mol. The van der Waals surface area contributed by atoms with E-state index in [1.54, 1.807) is 18.4 Å². The molecule has 8 heteroatoms. The first-order valence-corrected chi connectivity index (χ1v) is 10.0. The van der Waals surface area contributed by atoms with Crippen molar-refractivity contribution in [2.45, 2.75) is 4.90 Å². The lowest BCUT2D eigenvalue weighted by molar-refractivity contribution is 0.585. The van der Waals surface area contributed by atoms with Crippen LogP contribution in [0.15, 0.2) is 29.2 Å². The normalized spacial score (nSPS) is 13.3. The zero-order valence-electron chi connectivity index (χ0n) is 10.7. The number of rotatable bonds is 8. The summed E-state index contributed by atoms with van der Waals surface area (Å²) in [5.74, 6) is 0.844. The van der Waals surface area contributed by atoms with Crippen molar-refractivity contribution in [1.29, 1.82) is 0 Å². The highest BCUT2D eigenvalue weighted by Crippen LogP contribution is 2.19. The number of thioether (sulfide) groups is 1. The number of nitrogen functional groups attached to an aromatic ring is 1. The molecule has 0 aliphatic heterocycles. The van der Waals surface area contributed by atoms with Crippen LogP contribution in [-0.4, -0.2) is 42.7 Å². The van der Waals surface area contributed by atoms with Gasteiger partial charge in [0.2, 0.25) is 10.0 Å². The maximum absolute atomic E-state index is 11.6. The number of anilines is 1. The summed E-state index contributed by atoms with van der Waals surface area (Å²) in [7, 11) is -4.27. The summed E-state index contributed by atoms with van der Waals surface area (Å²) in [5.41, 5.74) is 6.25. The summed E-state index contributed by atoms with van der Waals surface area (Å²) in [6.07, 6.45) is 1.55. The Morgan fingerprint density at radius 2 is 1.95 bits per heavy atom. The minimum absolute atomic E-state index is 0.0401. The molecule has 1 rings (SSSR count). The van der Waals surface area contributed by atoms with Crippen LogP contribution in [0.25, 0.3) is 0 Å². The van der Waals surface area contributed by atoms with Crippen molar-refractivity contribution >= 4 is 38.3 Å². The molecule has 1 aromatic carbocycles. The monoisotopic (exact) mass is 322 g/mol. The van der Waals surface area contributed by atoms with E-state index in [1.807, 2.05) is 12.1 Å². The second kappa shape index (κ2) is 7.88. The van der Waals surface area contributed by atoms with Gasteiger partial charge in [0.25, 0.3) is 0 Å². The van der Waals surface area contributed by atoms with E-state index >= 15 is 0 Å². The molecule has 0 radical (unpaired) electrons. The molecule has 19 heavy (non-hydrogen) atoms. The van der Waals surface area contributed by atoms with Gasteiger partial charge in [-0.1, -0.05) is 0 Å². The molecule has 108 valence electrons. The zero-order chi connectivity index (χ0) is 14.3. The van der Waals surface area contributed by atoms with Gasteiger partial charge in [0.15, 0.2) is 0 Å². The van der Waals surface area contributed by atoms with Crippen LogP contribution in [0.3, 0.4) is 0 Å². The van der Waals surface area contributed by atoms with E-state index < -0.39 is 20.8 Å². The maximum Gasteiger partial charge on any atom is 0.212 e. The van der Waals surface area contributed by atoms with Gasteiger partial charge in [-0.3, -0.25) is 4.21 Å². The Morgan fingerprint density at radius 1 is 1.32 bits per heavy atom. The predicted octanol–water partition coefficient (Wildman–Crippen LogP) is 0.659. The molecule has 1 aromatic rings. The van der Waals surface area contributed by atoms with Gasteiger partial charge in [-0.2, -0.15) is 0 Å². The largest absolute Gasteiger partial charge is 0.399 e. The number of sulfonamides is 1. The molecule has 0 spiro atoms. The molecule has 1 unspecified atom stereocenters. The van der Waals surface area contributed by atoms with Crippen LogP contribution in [0, 0.1) is 0 Å². The molecular formula is C11H18N2O3S3. The quantitative estimate of drug-likeness (QED) is 0.542. The van der Waals surface area contributed by atoms with Gasteiger partial charge in [-0.25, -0.2) is 13.1 Å². The molecule has 5 nitrogen and oxygen atoms in total. The van der Waals surface area contributed by atoms with Gasteiger partial charge in [0.1, 0.15) is 0 Å². The van der Waals surface area contributed by atoms with E-state index in [2.05, 4.69) is 4.72 Å². The second-order valence-electron chi connectivity index (χ2n) is 3.91. The van der Waals surface area contributed by atoms with Gasteiger partial charge in [-0.15, -0.1) is 11.8 Å². The summed E-state index contributed by atoms with van der Waals surface area (Å²) in [6, 6.07) is 7.29. The fourth-order valence-corrected chi connectivity index (χ4v) is 4.10. The summed E-state index contributed by atoms with van der Waals surface area (Å²) in [5, 5.41) is 0. The van der Waals surface area contributed by atoms with Crippen molar-refractivity contribution in [3.63, 3.8) is 0 Å². The van der Waals surface area contributed by atoms with Crippen LogP contribution in [0.5, 0.6) is 0 Å². The van der Waals surface area contributed by atoms with E-state index in [1.165, 1.54) is 11.8 Å². The Morgan fingerprint density at radius 3 is 2.53 bits per heavy atom. The molecule has 0 bridgehead atoms. The summed E-state index contributed by atoms with van der Waals surface area (Å²) < 4.78 is 36.5. The molecule has 3 N–H and O–H groups in total. The Balaban J connectivity index is 2.31. The fourth-order valence-electron chi connectivity index (χ4n) is 1.25. The van der Waals surface area contributed by atoms with Crippen LogP contribution in [0.1, 0.15) is 0 Å². The van der Waals surface area contributed by atoms with Crippen molar-refractivity contribution in [1.82, 2.24) is 4.72 Å². The average Bonchev–Trinajstić information content (AvgIpc) is 2.30. The Kier molecular flexibility index (Phi) is 6.84. The van der Waals surface area contributed by atoms with E-state index in [4.69, 9.17) is 5.73 Å². The van der Waals surface area contributed by atoms with Crippen molar-refractivity contribution in [2.75, 3.05) is 35.8 Å². The van der Waals surface area contributed by atoms with Crippen molar-refractivity contribution < 1.29 is 12.6 Å². The van der Waals surface area contributed by atoms with Crippen LogP contribution in [0.2, 0.25) is 0 Å². The molecule has 0 aromatic heterocycles. The number of nitrogens with one attached hydrogen (secondary N) is 1. The van der Waals surface area contributed by atoms with Crippen LogP contribution in [0.4, 0.5) is 5.69 Å². The van der Waals surface area contributed by atoms with Crippen LogP contribution < -0.4 is 10.5 Å². The van der Waals surface area contributed by atoms with E-state index in [-0.39, 0.29) is 12.3 Å². The molecular weight excluding hydrogens is 304 g/mol. The third-order valence-corrected chi connectivity index (χ3v) is 5.65. The van der Waals surface area contributed by atoms with E-state index in [9.17, 15) is 12.6 Å². The Hall–Kier alpha value is -0.570. The molecule has 1 atom stereocenters. The summed E-state index contributed by atoms with van der Waals surface area (Å²) in [6.45, 7) is 0.220. The standard InChI is InChI=1S/C11H18N2O3S3/c1-18(14)8-6-13-19(15,16)9-7-17-11-4-2-10(12)3-5-11/h2-5,13H,6-9,12H2,1H3. The second-order valence-corrected chi connectivity index (χ2v) is 8.56. The Bertz CT molecular complexity index is 514. The van der Waals surface area contributed by atoms with Gasteiger partial charge >= 0.3 is 0 Å². The number of hydrogen-bond acceptors (Lipinski definition) is 5. The smallest absolute Gasteiger partial charge is 0.212 e. The van der Waals surface area contributed by atoms with E-state index in [0.717, 1.165) is 4.90 Å². The third kappa shape index (κ3) is 7.56. The van der Waals surface area contributed by atoms with Crippen LogP contribution in [-0.2, 0) is 20.8 Å². The first-order valence-electron chi connectivity index (χ1n) is 5.65. The highest BCUT2D eigenvalue weighted by atomic mass is 32.2. The SMILES string of the molecule is CS(=O)CCNS(=O)(=O)CCSc1ccc(N)cc1. The topological polar surface area (TPSA) is 89.3 Å². The van der Waals surface area contributed by atoms with Gasteiger partial charge in [-0.05, 0) is 24.3 Å². The Labute approximate surface area is 120 Å². The molecule has 0 saturated heterocycles. The fraction of sp³-hybridized carbons (Fsp3) is 0.455. The van der Waals surface area contributed by atoms with E-state index in [0.29, 0.717) is 17.2 Å². The van der Waals surface area contributed by atoms with Gasteiger partial charge in [0, 0.05) is 45.7 Å². The first kappa shape index (κ1) is 16.5. The summed E-state index contributed by atoms with van der Waals surface area (Å²) >= 11 is 1.46. The van der Waals surface area contributed by atoms with Crippen LogP contribution >= 0.6 is 11.8 Å². The lowest BCUT2D eigenvalue weighted by atomic mass is 10.3. The molecule has 0 aliphatic rings. The number of benzene rings is 1. The summed E-state index contributed by atoms with van der Waals surface area (Å²) in [4.78, 5) is 0.985. The van der Waals surface area contributed by atoms with Gasteiger partial charge in [0.05, 0.1) is 5.75 Å². The van der Waals surface area contributed by atoms with Crippen molar-refractivity contribution in [3.8, 4) is 0 Å². The molecule has 0 aliphatic carbocycles. The lowest BCUT2D eigenvalue weighted by Crippen LogP contribution is -2.30.